The number of aromatic nitrogens is 1. The zero-order chi connectivity index (χ0) is 11.7. The normalized spacial score (nSPS) is 26.9. The molecule has 1 aliphatic heterocycles. The highest BCUT2D eigenvalue weighted by molar-refractivity contribution is 5.46. The van der Waals surface area contributed by atoms with E-state index in [1.54, 1.807) is 0 Å². The van der Waals surface area contributed by atoms with Crippen LogP contribution in [0.3, 0.4) is 0 Å². The van der Waals surface area contributed by atoms with Gasteiger partial charge < -0.3 is 5.32 Å². The third kappa shape index (κ3) is 2.46. The maximum absolute atomic E-state index is 4.75. The number of pyridine rings is 1. The van der Waals surface area contributed by atoms with E-state index >= 15 is 0 Å². The van der Waals surface area contributed by atoms with Gasteiger partial charge in [-0.25, -0.2) is 4.98 Å². The van der Waals surface area contributed by atoms with Gasteiger partial charge in [-0.15, -0.1) is 0 Å². The molecule has 0 atom stereocenters. The second-order valence-electron chi connectivity index (χ2n) is 5.82. The number of anilines is 1. The number of fused-ring (bicyclic) bond motifs is 1. The lowest BCUT2D eigenvalue weighted by atomic mass is 9.74. The van der Waals surface area contributed by atoms with Crippen LogP contribution in [0.5, 0.6) is 0 Å². The maximum atomic E-state index is 4.75. The highest BCUT2D eigenvalue weighted by Gasteiger charge is 2.24. The van der Waals surface area contributed by atoms with Crippen molar-refractivity contribution in [3.05, 3.63) is 23.4 Å². The molecular formula is C15H22N2. The molecule has 0 saturated heterocycles. The minimum Gasteiger partial charge on any atom is -0.370 e. The molecule has 3 rings (SSSR count). The van der Waals surface area contributed by atoms with Gasteiger partial charge in [0.1, 0.15) is 5.82 Å². The molecule has 2 nitrogen and oxygen atoms in total. The van der Waals surface area contributed by atoms with Crippen molar-refractivity contribution in [3.8, 4) is 0 Å². The van der Waals surface area contributed by atoms with Gasteiger partial charge in [-0.1, -0.05) is 13.0 Å². The molecule has 1 aromatic heterocycles. The van der Waals surface area contributed by atoms with Gasteiger partial charge in [0, 0.05) is 12.2 Å². The van der Waals surface area contributed by atoms with E-state index in [1.807, 2.05) is 0 Å². The Morgan fingerprint density at radius 2 is 2.24 bits per heavy atom. The van der Waals surface area contributed by atoms with E-state index in [0.717, 1.165) is 30.6 Å². The van der Waals surface area contributed by atoms with Crippen LogP contribution in [-0.2, 0) is 12.8 Å². The van der Waals surface area contributed by atoms with E-state index in [1.165, 1.54) is 43.4 Å². The minimum atomic E-state index is 0.968. The Bertz CT molecular complexity index is 394. The minimum absolute atomic E-state index is 0.968. The SMILES string of the molecule is CC1CC(CCc2ccc3c(n2)NCCC3)C1. The number of rotatable bonds is 3. The fourth-order valence-electron chi connectivity index (χ4n) is 3.16. The molecule has 1 aliphatic carbocycles. The molecule has 0 aromatic carbocycles. The zero-order valence-electron chi connectivity index (χ0n) is 10.7. The molecule has 1 aromatic rings. The molecule has 0 bridgehead atoms. The Labute approximate surface area is 104 Å². The van der Waals surface area contributed by atoms with Crippen LogP contribution in [0.4, 0.5) is 5.82 Å². The summed E-state index contributed by atoms with van der Waals surface area (Å²) in [5, 5.41) is 3.41. The molecule has 0 unspecified atom stereocenters. The topological polar surface area (TPSA) is 24.9 Å². The summed E-state index contributed by atoms with van der Waals surface area (Å²) < 4.78 is 0. The zero-order valence-corrected chi connectivity index (χ0v) is 10.7. The summed E-state index contributed by atoms with van der Waals surface area (Å²) in [5.74, 6) is 3.09. The molecule has 0 amide bonds. The van der Waals surface area contributed by atoms with E-state index in [-0.39, 0.29) is 0 Å². The number of nitrogens with one attached hydrogen (secondary N) is 1. The number of aryl methyl sites for hydroxylation is 2. The summed E-state index contributed by atoms with van der Waals surface area (Å²) in [6, 6.07) is 4.50. The van der Waals surface area contributed by atoms with Crippen molar-refractivity contribution in [1.29, 1.82) is 0 Å². The first-order valence-electron chi connectivity index (χ1n) is 7.04. The van der Waals surface area contributed by atoms with Crippen molar-refractivity contribution in [2.24, 2.45) is 11.8 Å². The Kier molecular flexibility index (Phi) is 3.04. The molecule has 1 fully saturated rings. The summed E-state index contributed by atoms with van der Waals surface area (Å²) in [7, 11) is 0. The first-order valence-corrected chi connectivity index (χ1v) is 7.04. The Morgan fingerprint density at radius 1 is 1.35 bits per heavy atom. The van der Waals surface area contributed by atoms with Gasteiger partial charge >= 0.3 is 0 Å². The maximum Gasteiger partial charge on any atom is 0.129 e. The third-order valence-corrected chi connectivity index (χ3v) is 4.23. The van der Waals surface area contributed by atoms with Gasteiger partial charge in [0.05, 0.1) is 0 Å². The van der Waals surface area contributed by atoms with Crippen LogP contribution in [0.1, 0.15) is 43.9 Å². The Morgan fingerprint density at radius 3 is 3.06 bits per heavy atom. The lowest BCUT2D eigenvalue weighted by molar-refractivity contribution is 0.199. The van der Waals surface area contributed by atoms with E-state index in [0.29, 0.717) is 0 Å². The highest BCUT2D eigenvalue weighted by atomic mass is 15.0. The van der Waals surface area contributed by atoms with Crippen LogP contribution >= 0.6 is 0 Å². The van der Waals surface area contributed by atoms with Crippen LogP contribution in [-0.4, -0.2) is 11.5 Å². The molecule has 1 saturated carbocycles. The van der Waals surface area contributed by atoms with Crippen LogP contribution in [0.15, 0.2) is 12.1 Å². The molecular weight excluding hydrogens is 208 g/mol. The average molecular weight is 230 g/mol. The second-order valence-corrected chi connectivity index (χ2v) is 5.82. The van der Waals surface area contributed by atoms with Gasteiger partial charge in [-0.05, 0) is 62.0 Å². The predicted octanol–water partition coefficient (Wildman–Crippen LogP) is 3.42. The first kappa shape index (κ1) is 11.1. The van der Waals surface area contributed by atoms with Crippen molar-refractivity contribution in [2.75, 3.05) is 11.9 Å². The average Bonchev–Trinajstić information content (AvgIpc) is 2.33. The second kappa shape index (κ2) is 4.67. The highest BCUT2D eigenvalue weighted by Crippen LogP contribution is 2.36. The predicted molar refractivity (Wildman–Crippen MR) is 71.3 cm³/mol. The molecule has 2 heterocycles. The number of hydrogen-bond acceptors (Lipinski definition) is 2. The molecule has 17 heavy (non-hydrogen) atoms. The number of hydrogen-bond donors (Lipinski definition) is 1. The summed E-state index contributed by atoms with van der Waals surface area (Å²) in [6.07, 6.45) is 7.79. The van der Waals surface area contributed by atoms with Gasteiger partial charge in [0.2, 0.25) is 0 Å². The van der Waals surface area contributed by atoms with Gasteiger partial charge in [0.15, 0.2) is 0 Å². The molecule has 2 heteroatoms. The molecule has 0 spiro atoms. The van der Waals surface area contributed by atoms with Crippen LogP contribution in [0.2, 0.25) is 0 Å². The van der Waals surface area contributed by atoms with Crippen molar-refractivity contribution in [1.82, 2.24) is 4.98 Å². The Hall–Kier alpha value is -1.05. The lowest BCUT2D eigenvalue weighted by Gasteiger charge is -2.32. The van der Waals surface area contributed by atoms with Crippen LogP contribution in [0.25, 0.3) is 0 Å². The summed E-state index contributed by atoms with van der Waals surface area (Å²) in [6.45, 7) is 3.45. The van der Waals surface area contributed by atoms with Crippen molar-refractivity contribution in [2.45, 2.75) is 45.4 Å². The monoisotopic (exact) mass is 230 g/mol. The van der Waals surface area contributed by atoms with E-state index in [9.17, 15) is 0 Å². The van der Waals surface area contributed by atoms with Gasteiger partial charge in [-0.3, -0.25) is 0 Å². The standard InChI is InChI=1S/C15H22N2/c1-11-9-12(10-11)4-6-14-7-5-13-3-2-8-16-15(13)17-14/h5,7,11-12H,2-4,6,8-10H2,1H3,(H,16,17). The molecule has 92 valence electrons. The van der Waals surface area contributed by atoms with Crippen LogP contribution in [0, 0.1) is 11.8 Å². The quantitative estimate of drug-likeness (QED) is 0.860. The summed E-state index contributed by atoms with van der Waals surface area (Å²) in [5.41, 5.74) is 2.68. The van der Waals surface area contributed by atoms with Gasteiger partial charge in [0.25, 0.3) is 0 Å². The Balaban J connectivity index is 1.59. The van der Waals surface area contributed by atoms with E-state index < -0.39 is 0 Å². The lowest BCUT2D eigenvalue weighted by Crippen LogP contribution is -2.21. The summed E-state index contributed by atoms with van der Waals surface area (Å²) >= 11 is 0. The summed E-state index contributed by atoms with van der Waals surface area (Å²) in [4.78, 5) is 4.75. The number of nitrogens with zero attached hydrogens (tertiary/aromatic N) is 1. The smallest absolute Gasteiger partial charge is 0.129 e. The van der Waals surface area contributed by atoms with E-state index in [2.05, 4.69) is 24.4 Å². The fraction of sp³-hybridized carbons (Fsp3) is 0.667. The third-order valence-electron chi connectivity index (χ3n) is 4.23. The van der Waals surface area contributed by atoms with Crippen molar-refractivity contribution >= 4 is 5.82 Å². The van der Waals surface area contributed by atoms with Gasteiger partial charge in [-0.2, -0.15) is 0 Å². The van der Waals surface area contributed by atoms with E-state index in [4.69, 9.17) is 4.98 Å². The van der Waals surface area contributed by atoms with Crippen molar-refractivity contribution in [3.63, 3.8) is 0 Å². The first-order chi connectivity index (χ1) is 8.31. The van der Waals surface area contributed by atoms with Crippen molar-refractivity contribution < 1.29 is 0 Å². The fourth-order valence-corrected chi connectivity index (χ4v) is 3.16. The molecule has 2 aliphatic rings. The molecule has 1 N–H and O–H groups in total. The van der Waals surface area contributed by atoms with Crippen LogP contribution < -0.4 is 5.32 Å². The molecule has 0 radical (unpaired) electrons. The largest absolute Gasteiger partial charge is 0.370 e.